The summed E-state index contributed by atoms with van der Waals surface area (Å²) < 4.78 is 5.20. The van der Waals surface area contributed by atoms with Crippen LogP contribution in [0.25, 0.3) is 0 Å². The lowest BCUT2D eigenvalue weighted by Gasteiger charge is -2.35. The number of hydrogen-bond acceptors (Lipinski definition) is 5. The van der Waals surface area contributed by atoms with Gasteiger partial charge in [0.1, 0.15) is 5.75 Å². The fourth-order valence-electron chi connectivity index (χ4n) is 2.92. The lowest BCUT2D eigenvalue weighted by molar-refractivity contribution is -0.122. The van der Waals surface area contributed by atoms with Gasteiger partial charge in [0.15, 0.2) is 0 Å². The molecule has 0 spiro atoms. The van der Waals surface area contributed by atoms with Crippen molar-refractivity contribution in [3.8, 4) is 5.75 Å². The third-order valence-electron chi connectivity index (χ3n) is 4.42. The van der Waals surface area contributed by atoms with Gasteiger partial charge in [-0.05, 0) is 42.0 Å². The molecule has 1 aliphatic heterocycles. The number of aromatic nitrogens is 1. The summed E-state index contributed by atoms with van der Waals surface area (Å²) in [6.45, 7) is 4.60. The number of carbonyl (C=O) groups excluding carboxylic acids is 1. The normalized spacial score (nSPS) is 15.0. The molecule has 0 saturated carbocycles. The zero-order valence-corrected chi connectivity index (χ0v) is 14.5. The van der Waals surface area contributed by atoms with Crippen LogP contribution in [-0.2, 0) is 11.3 Å². The number of hydrogen-bond donors (Lipinski definition) is 1. The van der Waals surface area contributed by atoms with Crippen LogP contribution in [0.5, 0.6) is 5.75 Å². The maximum Gasteiger partial charge on any atom is 0.234 e. The van der Waals surface area contributed by atoms with Gasteiger partial charge in [-0.2, -0.15) is 0 Å². The highest BCUT2D eigenvalue weighted by Gasteiger charge is 2.19. The van der Waals surface area contributed by atoms with Crippen molar-refractivity contribution in [3.63, 3.8) is 0 Å². The quantitative estimate of drug-likeness (QED) is 0.864. The van der Waals surface area contributed by atoms with Gasteiger partial charge in [0, 0.05) is 50.8 Å². The maximum atomic E-state index is 12.1. The van der Waals surface area contributed by atoms with E-state index < -0.39 is 0 Å². The fraction of sp³-hybridized carbons (Fsp3) is 0.368. The van der Waals surface area contributed by atoms with Gasteiger partial charge in [-0.25, -0.2) is 0 Å². The molecular formula is C19H24N4O2. The van der Waals surface area contributed by atoms with E-state index in [4.69, 9.17) is 4.74 Å². The highest BCUT2D eigenvalue weighted by Crippen LogP contribution is 2.20. The largest absolute Gasteiger partial charge is 0.497 e. The molecule has 0 bridgehead atoms. The fourth-order valence-corrected chi connectivity index (χ4v) is 2.92. The molecule has 6 nitrogen and oxygen atoms in total. The van der Waals surface area contributed by atoms with E-state index in [2.05, 4.69) is 32.2 Å². The minimum atomic E-state index is 0.0645. The monoisotopic (exact) mass is 340 g/mol. The van der Waals surface area contributed by atoms with E-state index in [0.29, 0.717) is 13.1 Å². The maximum absolute atomic E-state index is 12.1. The molecule has 1 aromatic carbocycles. The molecule has 2 aromatic rings. The van der Waals surface area contributed by atoms with Crippen LogP contribution in [0.15, 0.2) is 48.8 Å². The van der Waals surface area contributed by atoms with E-state index in [-0.39, 0.29) is 5.91 Å². The molecule has 0 atom stereocenters. The van der Waals surface area contributed by atoms with Crippen molar-refractivity contribution >= 4 is 11.6 Å². The Morgan fingerprint density at radius 2 is 1.76 bits per heavy atom. The van der Waals surface area contributed by atoms with Crippen molar-refractivity contribution < 1.29 is 9.53 Å². The third kappa shape index (κ3) is 4.93. The van der Waals surface area contributed by atoms with Crippen molar-refractivity contribution in [2.75, 3.05) is 44.7 Å². The van der Waals surface area contributed by atoms with Crippen LogP contribution < -0.4 is 15.0 Å². The Bertz CT molecular complexity index is 668. The van der Waals surface area contributed by atoms with E-state index in [1.54, 1.807) is 19.5 Å². The van der Waals surface area contributed by atoms with E-state index >= 15 is 0 Å². The summed E-state index contributed by atoms with van der Waals surface area (Å²) in [7, 11) is 1.67. The molecule has 6 heteroatoms. The van der Waals surface area contributed by atoms with E-state index in [1.807, 2.05) is 24.3 Å². The van der Waals surface area contributed by atoms with Crippen LogP contribution in [-0.4, -0.2) is 55.6 Å². The molecule has 1 aromatic heterocycles. The van der Waals surface area contributed by atoms with Crippen molar-refractivity contribution in [1.29, 1.82) is 0 Å². The van der Waals surface area contributed by atoms with Crippen LogP contribution in [0, 0.1) is 0 Å². The van der Waals surface area contributed by atoms with Crippen molar-refractivity contribution in [2.24, 2.45) is 0 Å². The second-order valence-electron chi connectivity index (χ2n) is 6.09. The number of amides is 1. The van der Waals surface area contributed by atoms with Crippen LogP contribution >= 0.6 is 0 Å². The van der Waals surface area contributed by atoms with Gasteiger partial charge < -0.3 is 15.0 Å². The predicted molar refractivity (Wildman–Crippen MR) is 97.7 cm³/mol. The van der Waals surface area contributed by atoms with Gasteiger partial charge in [-0.15, -0.1) is 0 Å². The smallest absolute Gasteiger partial charge is 0.234 e. The zero-order chi connectivity index (χ0) is 17.5. The van der Waals surface area contributed by atoms with Gasteiger partial charge in [-0.1, -0.05) is 0 Å². The summed E-state index contributed by atoms with van der Waals surface area (Å²) in [6, 6.07) is 11.9. The second-order valence-corrected chi connectivity index (χ2v) is 6.09. The van der Waals surface area contributed by atoms with E-state index in [0.717, 1.165) is 37.5 Å². The Morgan fingerprint density at radius 3 is 2.40 bits per heavy atom. The second kappa shape index (κ2) is 8.48. The Kier molecular flexibility index (Phi) is 5.85. The van der Waals surface area contributed by atoms with Gasteiger partial charge in [0.05, 0.1) is 13.7 Å². The number of pyridine rings is 1. The number of piperazine rings is 1. The third-order valence-corrected chi connectivity index (χ3v) is 4.42. The highest BCUT2D eigenvalue weighted by atomic mass is 16.5. The molecule has 1 fully saturated rings. The highest BCUT2D eigenvalue weighted by molar-refractivity contribution is 5.78. The summed E-state index contributed by atoms with van der Waals surface area (Å²) >= 11 is 0. The van der Waals surface area contributed by atoms with Crippen molar-refractivity contribution in [1.82, 2.24) is 15.2 Å². The lowest BCUT2D eigenvalue weighted by atomic mass is 10.2. The molecule has 0 unspecified atom stereocenters. The summed E-state index contributed by atoms with van der Waals surface area (Å²) in [5.41, 5.74) is 2.26. The molecule has 0 aliphatic carbocycles. The molecule has 0 radical (unpaired) electrons. The van der Waals surface area contributed by atoms with E-state index in [1.165, 1.54) is 5.69 Å². The molecule has 1 N–H and O–H groups in total. The summed E-state index contributed by atoms with van der Waals surface area (Å²) in [5, 5.41) is 2.97. The molecule has 1 saturated heterocycles. The van der Waals surface area contributed by atoms with Crippen molar-refractivity contribution in [3.05, 3.63) is 54.4 Å². The zero-order valence-electron chi connectivity index (χ0n) is 14.5. The topological polar surface area (TPSA) is 57.7 Å². The van der Waals surface area contributed by atoms with E-state index in [9.17, 15) is 4.79 Å². The average molecular weight is 340 g/mol. The van der Waals surface area contributed by atoms with Crippen LogP contribution in [0.2, 0.25) is 0 Å². The lowest BCUT2D eigenvalue weighted by Crippen LogP contribution is -2.49. The number of anilines is 1. The molecule has 2 heterocycles. The van der Waals surface area contributed by atoms with Crippen LogP contribution in [0.3, 0.4) is 0 Å². The molecule has 1 amide bonds. The molecule has 1 aliphatic rings. The first-order chi connectivity index (χ1) is 12.2. The Hall–Kier alpha value is -2.60. The van der Waals surface area contributed by atoms with Gasteiger partial charge >= 0.3 is 0 Å². The number of benzene rings is 1. The Balaban J connectivity index is 1.41. The van der Waals surface area contributed by atoms with Crippen molar-refractivity contribution in [2.45, 2.75) is 6.54 Å². The average Bonchev–Trinajstić information content (AvgIpc) is 2.68. The Labute approximate surface area is 148 Å². The molecule has 132 valence electrons. The molecule has 25 heavy (non-hydrogen) atoms. The van der Waals surface area contributed by atoms with Gasteiger partial charge in [-0.3, -0.25) is 14.7 Å². The number of rotatable bonds is 6. The van der Waals surface area contributed by atoms with Gasteiger partial charge in [0.2, 0.25) is 5.91 Å². The van der Waals surface area contributed by atoms with Gasteiger partial charge in [0.25, 0.3) is 0 Å². The van der Waals surface area contributed by atoms with Crippen LogP contribution in [0.4, 0.5) is 5.69 Å². The number of carbonyl (C=O) groups is 1. The first-order valence-corrected chi connectivity index (χ1v) is 8.51. The number of nitrogens with zero attached hydrogens (tertiary/aromatic N) is 3. The SMILES string of the molecule is COc1ccc(N2CCN(CC(=O)NCc3ccncc3)CC2)cc1. The first-order valence-electron chi connectivity index (χ1n) is 8.51. The minimum absolute atomic E-state index is 0.0645. The first kappa shape index (κ1) is 17.2. The predicted octanol–water partition coefficient (Wildman–Crippen LogP) is 1.53. The number of methoxy groups -OCH3 is 1. The summed E-state index contributed by atoms with van der Waals surface area (Å²) in [5.74, 6) is 0.933. The number of nitrogens with one attached hydrogen (secondary N) is 1. The number of ether oxygens (including phenoxy) is 1. The molecular weight excluding hydrogens is 316 g/mol. The summed E-state index contributed by atoms with van der Waals surface area (Å²) in [6.07, 6.45) is 3.47. The standard InChI is InChI=1S/C19H24N4O2/c1-25-18-4-2-17(3-5-18)23-12-10-22(11-13-23)15-19(24)21-14-16-6-8-20-9-7-16/h2-9H,10-15H2,1H3,(H,21,24). The minimum Gasteiger partial charge on any atom is -0.497 e. The summed E-state index contributed by atoms with van der Waals surface area (Å²) in [4.78, 5) is 20.6. The van der Waals surface area contributed by atoms with Crippen LogP contribution in [0.1, 0.15) is 5.56 Å². The Morgan fingerprint density at radius 1 is 1.08 bits per heavy atom. The molecule has 3 rings (SSSR count).